The van der Waals surface area contributed by atoms with Gasteiger partial charge in [-0.3, -0.25) is 0 Å². The van der Waals surface area contributed by atoms with E-state index in [-0.39, 0.29) is 0 Å². The van der Waals surface area contributed by atoms with Crippen molar-refractivity contribution in [1.29, 1.82) is 0 Å². The van der Waals surface area contributed by atoms with Gasteiger partial charge in [-0.1, -0.05) is 31.4 Å². The van der Waals surface area contributed by atoms with Crippen LogP contribution in [0.3, 0.4) is 0 Å². The molecule has 1 aromatic rings. The molecule has 0 aliphatic heterocycles. The second-order valence-electron chi connectivity index (χ2n) is 6.68. The highest BCUT2D eigenvalue weighted by Gasteiger charge is 2.46. The normalized spacial score (nSPS) is 26.0. The fourth-order valence-electron chi connectivity index (χ4n) is 4.10. The van der Waals surface area contributed by atoms with E-state index in [1.807, 2.05) is 0 Å². The molecule has 0 heterocycles. The van der Waals surface area contributed by atoms with E-state index in [4.69, 9.17) is 4.74 Å². The van der Waals surface area contributed by atoms with Crippen LogP contribution in [0.4, 0.5) is 0 Å². The molecule has 2 aliphatic rings. The Kier molecular flexibility index (Phi) is 4.02. The van der Waals surface area contributed by atoms with Crippen molar-refractivity contribution in [1.82, 2.24) is 5.32 Å². The van der Waals surface area contributed by atoms with E-state index in [1.54, 1.807) is 7.11 Å². The lowest BCUT2D eigenvalue weighted by atomic mass is 9.57. The summed E-state index contributed by atoms with van der Waals surface area (Å²) >= 11 is 0. The van der Waals surface area contributed by atoms with Crippen molar-refractivity contribution in [2.45, 2.75) is 64.0 Å². The average molecular weight is 273 g/mol. The topological polar surface area (TPSA) is 21.3 Å². The Balaban J connectivity index is 1.62. The van der Waals surface area contributed by atoms with Crippen LogP contribution < -0.4 is 10.1 Å². The number of benzene rings is 1. The van der Waals surface area contributed by atoms with Crippen LogP contribution >= 0.6 is 0 Å². The maximum absolute atomic E-state index is 5.23. The molecule has 0 radical (unpaired) electrons. The minimum Gasteiger partial charge on any atom is -0.497 e. The van der Waals surface area contributed by atoms with Gasteiger partial charge in [0.2, 0.25) is 0 Å². The van der Waals surface area contributed by atoms with Gasteiger partial charge in [0.05, 0.1) is 7.11 Å². The van der Waals surface area contributed by atoms with Crippen molar-refractivity contribution in [3.8, 4) is 5.75 Å². The lowest BCUT2D eigenvalue weighted by molar-refractivity contribution is 0.0174. The molecular weight excluding hydrogens is 246 g/mol. The van der Waals surface area contributed by atoms with Crippen molar-refractivity contribution >= 4 is 0 Å². The Labute approximate surface area is 122 Å². The minimum atomic E-state index is 0.435. The Morgan fingerprint density at radius 1 is 1.10 bits per heavy atom. The van der Waals surface area contributed by atoms with Crippen LogP contribution in [0.25, 0.3) is 0 Å². The predicted molar refractivity (Wildman–Crippen MR) is 83.1 cm³/mol. The summed E-state index contributed by atoms with van der Waals surface area (Å²) < 4.78 is 5.23. The third-order valence-electron chi connectivity index (χ3n) is 5.59. The van der Waals surface area contributed by atoms with Crippen LogP contribution in [0.2, 0.25) is 0 Å². The molecule has 1 spiro atoms. The molecule has 0 saturated heterocycles. The Bertz CT molecular complexity index is 433. The maximum atomic E-state index is 5.23. The molecule has 0 amide bonds. The van der Waals surface area contributed by atoms with Gasteiger partial charge < -0.3 is 10.1 Å². The van der Waals surface area contributed by atoms with Crippen LogP contribution in [0.1, 0.15) is 63.5 Å². The lowest BCUT2D eigenvalue weighted by Gasteiger charge is -2.53. The first-order valence-electron chi connectivity index (χ1n) is 8.13. The lowest BCUT2D eigenvalue weighted by Crippen LogP contribution is -2.54. The van der Waals surface area contributed by atoms with E-state index in [0.717, 1.165) is 11.8 Å². The zero-order valence-corrected chi connectivity index (χ0v) is 12.8. The van der Waals surface area contributed by atoms with Crippen molar-refractivity contribution in [2.75, 3.05) is 7.11 Å². The van der Waals surface area contributed by atoms with Crippen LogP contribution in [-0.2, 0) is 0 Å². The van der Waals surface area contributed by atoms with Crippen LogP contribution in [-0.4, -0.2) is 13.2 Å². The molecule has 20 heavy (non-hydrogen) atoms. The first-order valence-corrected chi connectivity index (χ1v) is 8.13. The van der Waals surface area contributed by atoms with E-state index in [1.165, 1.54) is 50.5 Å². The van der Waals surface area contributed by atoms with Crippen molar-refractivity contribution in [2.24, 2.45) is 5.41 Å². The monoisotopic (exact) mass is 273 g/mol. The molecule has 1 N–H and O–H groups in total. The SMILES string of the molecule is COc1ccc(C(C)NC2CCC23CCCCC3)cc1. The Morgan fingerprint density at radius 3 is 2.35 bits per heavy atom. The van der Waals surface area contributed by atoms with Gasteiger partial charge in [-0.25, -0.2) is 0 Å². The summed E-state index contributed by atoms with van der Waals surface area (Å²) in [5, 5.41) is 3.89. The summed E-state index contributed by atoms with van der Waals surface area (Å²) in [6.45, 7) is 2.29. The van der Waals surface area contributed by atoms with Gasteiger partial charge in [0.25, 0.3) is 0 Å². The molecule has 2 fully saturated rings. The summed E-state index contributed by atoms with van der Waals surface area (Å²) in [5.74, 6) is 0.938. The van der Waals surface area contributed by atoms with Crippen molar-refractivity contribution in [3.05, 3.63) is 29.8 Å². The maximum Gasteiger partial charge on any atom is 0.118 e. The number of ether oxygens (including phenoxy) is 1. The van der Waals surface area contributed by atoms with Gasteiger partial charge in [-0.15, -0.1) is 0 Å². The third-order valence-corrected chi connectivity index (χ3v) is 5.59. The third kappa shape index (κ3) is 2.58. The minimum absolute atomic E-state index is 0.435. The fourth-order valence-corrected chi connectivity index (χ4v) is 4.10. The first kappa shape index (κ1) is 13.9. The largest absolute Gasteiger partial charge is 0.497 e. The summed E-state index contributed by atoms with van der Waals surface area (Å²) in [5.41, 5.74) is 2.00. The molecule has 2 unspecified atom stereocenters. The standard InChI is InChI=1S/C18H27NO/c1-14(15-6-8-16(20-2)9-7-15)19-17-10-13-18(17)11-4-3-5-12-18/h6-9,14,17,19H,3-5,10-13H2,1-2H3. The fraction of sp³-hybridized carbons (Fsp3) is 0.667. The zero-order chi connectivity index (χ0) is 14.0. The molecule has 110 valence electrons. The number of nitrogens with one attached hydrogen (secondary N) is 1. The summed E-state index contributed by atoms with van der Waals surface area (Å²) in [7, 11) is 1.72. The van der Waals surface area contributed by atoms with Crippen LogP contribution in [0, 0.1) is 5.41 Å². The number of methoxy groups -OCH3 is 1. The highest BCUT2D eigenvalue weighted by Crippen LogP contribution is 2.52. The number of rotatable bonds is 4. The molecule has 0 bridgehead atoms. The van der Waals surface area contributed by atoms with Crippen LogP contribution in [0.5, 0.6) is 5.75 Å². The zero-order valence-electron chi connectivity index (χ0n) is 12.8. The first-order chi connectivity index (χ1) is 9.73. The second-order valence-corrected chi connectivity index (χ2v) is 6.68. The molecule has 2 saturated carbocycles. The van der Waals surface area contributed by atoms with Crippen LogP contribution in [0.15, 0.2) is 24.3 Å². The number of hydrogen-bond donors (Lipinski definition) is 1. The summed E-state index contributed by atoms with van der Waals surface area (Å²) in [4.78, 5) is 0. The number of hydrogen-bond acceptors (Lipinski definition) is 2. The molecule has 2 aliphatic carbocycles. The molecule has 2 atom stereocenters. The van der Waals surface area contributed by atoms with Gasteiger partial charge in [-0.05, 0) is 55.7 Å². The van der Waals surface area contributed by atoms with Crippen molar-refractivity contribution < 1.29 is 4.74 Å². The Morgan fingerprint density at radius 2 is 1.80 bits per heavy atom. The highest BCUT2D eigenvalue weighted by atomic mass is 16.5. The van der Waals surface area contributed by atoms with Gasteiger partial charge >= 0.3 is 0 Å². The van der Waals surface area contributed by atoms with Gasteiger partial charge in [-0.2, -0.15) is 0 Å². The second kappa shape index (κ2) is 5.77. The molecule has 2 heteroatoms. The van der Waals surface area contributed by atoms with E-state index in [0.29, 0.717) is 11.5 Å². The van der Waals surface area contributed by atoms with Gasteiger partial charge in [0.1, 0.15) is 5.75 Å². The van der Waals surface area contributed by atoms with Crippen molar-refractivity contribution in [3.63, 3.8) is 0 Å². The van der Waals surface area contributed by atoms with E-state index < -0.39 is 0 Å². The summed E-state index contributed by atoms with van der Waals surface area (Å²) in [6.07, 6.45) is 10.0. The predicted octanol–water partition coefficient (Wildman–Crippen LogP) is 4.46. The quantitative estimate of drug-likeness (QED) is 0.874. The smallest absolute Gasteiger partial charge is 0.118 e. The van der Waals surface area contributed by atoms with Gasteiger partial charge in [0.15, 0.2) is 0 Å². The molecule has 2 nitrogen and oxygen atoms in total. The molecule has 1 aromatic carbocycles. The summed E-state index contributed by atoms with van der Waals surface area (Å²) in [6, 6.07) is 9.66. The Hall–Kier alpha value is -1.02. The highest BCUT2D eigenvalue weighted by molar-refractivity contribution is 5.29. The van der Waals surface area contributed by atoms with E-state index >= 15 is 0 Å². The van der Waals surface area contributed by atoms with Gasteiger partial charge in [0, 0.05) is 12.1 Å². The average Bonchev–Trinajstić information content (AvgIpc) is 2.52. The van der Waals surface area contributed by atoms with E-state index in [2.05, 4.69) is 36.5 Å². The molecule has 0 aromatic heterocycles. The molecule has 3 rings (SSSR count). The molecular formula is C18H27NO. The van der Waals surface area contributed by atoms with E-state index in [9.17, 15) is 0 Å².